The molecule has 208 valence electrons. The van der Waals surface area contributed by atoms with Crippen LogP contribution in [0.1, 0.15) is 38.4 Å². The number of carbonyl (C=O) groups is 4. The number of aliphatic hydroxyl groups excluding tert-OH is 1. The van der Waals surface area contributed by atoms with Crippen LogP contribution in [0.3, 0.4) is 0 Å². The Morgan fingerprint density at radius 2 is 1.58 bits per heavy atom. The Labute approximate surface area is 220 Å². The van der Waals surface area contributed by atoms with Gasteiger partial charge in [-0.05, 0) is 37.0 Å². The molecule has 9 N–H and O–H groups in total. The molecular weight excluding hydrogens is 496 g/mol. The number of aromatic hydroxyl groups is 1. The smallest absolute Gasteiger partial charge is 0.326 e. The molecule has 0 aliphatic rings. The van der Waals surface area contributed by atoms with Gasteiger partial charge in [0.25, 0.3) is 0 Å². The number of imidazole rings is 1. The van der Waals surface area contributed by atoms with Gasteiger partial charge in [-0.1, -0.05) is 26.0 Å². The highest BCUT2D eigenvalue weighted by Crippen LogP contribution is 2.12. The summed E-state index contributed by atoms with van der Waals surface area (Å²) in [6.07, 6.45) is 1.84. The summed E-state index contributed by atoms with van der Waals surface area (Å²) in [4.78, 5) is 57.2. The fourth-order valence-corrected chi connectivity index (χ4v) is 3.70. The molecule has 0 radical (unpaired) electrons. The van der Waals surface area contributed by atoms with Gasteiger partial charge in [-0.2, -0.15) is 0 Å². The van der Waals surface area contributed by atoms with Crippen molar-refractivity contribution in [1.29, 1.82) is 0 Å². The van der Waals surface area contributed by atoms with E-state index in [1.54, 1.807) is 26.0 Å². The molecule has 2 aromatic rings. The number of hydrogen-bond acceptors (Lipinski definition) is 8. The number of H-pyrrole nitrogens is 1. The predicted molar refractivity (Wildman–Crippen MR) is 137 cm³/mol. The molecule has 5 unspecified atom stereocenters. The van der Waals surface area contributed by atoms with Crippen molar-refractivity contribution in [2.24, 2.45) is 11.7 Å². The van der Waals surface area contributed by atoms with Crippen molar-refractivity contribution < 1.29 is 34.5 Å². The van der Waals surface area contributed by atoms with Crippen LogP contribution in [0.25, 0.3) is 0 Å². The second-order valence-electron chi connectivity index (χ2n) is 9.58. The van der Waals surface area contributed by atoms with Gasteiger partial charge in [0.15, 0.2) is 0 Å². The number of aliphatic hydroxyl groups is 1. The molecule has 3 amide bonds. The van der Waals surface area contributed by atoms with E-state index in [0.29, 0.717) is 11.3 Å². The fourth-order valence-electron chi connectivity index (χ4n) is 3.70. The van der Waals surface area contributed by atoms with Gasteiger partial charge in [0.2, 0.25) is 17.7 Å². The van der Waals surface area contributed by atoms with E-state index in [1.165, 1.54) is 31.6 Å². The molecular formula is C25H36N6O7. The number of rotatable bonds is 14. The first-order valence-corrected chi connectivity index (χ1v) is 12.2. The lowest BCUT2D eigenvalue weighted by Crippen LogP contribution is -2.60. The lowest BCUT2D eigenvalue weighted by atomic mass is 10.0. The standard InChI is InChI=1S/C25H36N6O7/c1-13(2)8-20(25(37)38)30-24(36)21(14(3)32)31-23(35)19(9-15-4-6-17(33)7-5-15)29-22(34)18(26)10-16-11-27-12-28-16/h4-7,11-14,18-21,32-33H,8-10,26H2,1-3H3,(H,27,28)(H,29,34)(H,30,36)(H,31,35)(H,37,38). The van der Waals surface area contributed by atoms with Crippen LogP contribution >= 0.6 is 0 Å². The number of nitrogens with zero attached hydrogens (tertiary/aromatic N) is 1. The van der Waals surface area contributed by atoms with Crippen molar-refractivity contribution in [3.05, 3.63) is 48.0 Å². The van der Waals surface area contributed by atoms with Crippen molar-refractivity contribution in [2.75, 3.05) is 0 Å². The third-order valence-electron chi connectivity index (χ3n) is 5.72. The lowest BCUT2D eigenvalue weighted by molar-refractivity contribution is -0.143. The van der Waals surface area contributed by atoms with E-state index in [0.717, 1.165) is 0 Å². The average Bonchev–Trinajstić information content (AvgIpc) is 3.35. The highest BCUT2D eigenvalue weighted by Gasteiger charge is 2.33. The summed E-state index contributed by atoms with van der Waals surface area (Å²) in [5.41, 5.74) is 7.21. The van der Waals surface area contributed by atoms with Crippen molar-refractivity contribution in [2.45, 2.75) is 70.3 Å². The second kappa shape index (κ2) is 14.1. The molecule has 0 spiro atoms. The zero-order valence-corrected chi connectivity index (χ0v) is 21.5. The summed E-state index contributed by atoms with van der Waals surface area (Å²) in [5.74, 6) is -3.58. The van der Waals surface area contributed by atoms with Crippen LogP contribution in [-0.4, -0.2) is 79.2 Å². The number of phenolic OH excluding ortho intramolecular Hbond substituents is 1. The number of amides is 3. The van der Waals surface area contributed by atoms with Crippen molar-refractivity contribution >= 4 is 23.7 Å². The van der Waals surface area contributed by atoms with Crippen LogP contribution in [0, 0.1) is 5.92 Å². The van der Waals surface area contributed by atoms with Crippen LogP contribution in [0.4, 0.5) is 0 Å². The summed E-state index contributed by atoms with van der Waals surface area (Å²) in [5, 5.41) is 36.6. The lowest BCUT2D eigenvalue weighted by Gasteiger charge is -2.27. The Morgan fingerprint density at radius 1 is 0.947 bits per heavy atom. The number of aromatic amines is 1. The maximum Gasteiger partial charge on any atom is 0.326 e. The molecule has 0 aliphatic carbocycles. The SMILES string of the molecule is CC(C)CC(NC(=O)C(NC(=O)C(Cc1ccc(O)cc1)NC(=O)C(N)Cc1cnc[nH]1)C(C)O)C(=O)O. The van der Waals surface area contributed by atoms with E-state index in [1.807, 2.05) is 0 Å². The van der Waals surface area contributed by atoms with Crippen molar-refractivity contribution in [3.63, 3.8) is 0 Å². The molecule has 1 heterocycles. The topological polar surface area (TPSA) is 220 Å². The monoisotopic (exact) mass is 532 g/mol. The molecule has 0 saturated heterocycles. The number of nitrogens with one attached hydrogen (secondary N) is 4. The first kappa shape index (κ1) is 30.3. The molecule has 0 fully saturated rings. The van der Waals surface area contributed by atoms with Gasteiger partial charge >= 0.3 is 5.97 Å². The summed E-state index contributed by atoms with van der Waals surface area (Å²) in [6.45, 7) is 4.87. The van der Waals surface area contributed by atoms with Gasteiger partial charge in [-0.25, -0.2) is 9.78 Å². The summed E-state index contributed by atoms with van der Waals surface area (Å²) >= 11 is 0. The van der Waals surface area contributed by atoms with E-state index >= 15 is 0 Å². The molecule has 5 atom stereocenters. The minimum Gasteiger partial charge on any atom is -0.508 e. The number of carbonyl (C=O) groups excluding carboxylic acids is 3. The Balaban J connectivity index is 2.20. The zero-order valence-electron chi connectivity index (χ0n) is 21.5. The molecule has 0 aliphatic heterocycles. The van der Waals surface area contributed by atoms with Crippen LogP contribution in [0.5, 0.6) is 5.75 Å². The molecule has 13 nitrogen and oxygen atoms in total. The minimum absolute atomic E-state index is 0.0144. The molecule has 0 saturated carbocycles. The quantitative estimate of drug-likeness (QED) is 0.152. The highest BCUT2D eigenvalue weighted by molar-refractivity contribution is 5.94. The molecule has 2 rings (SSSR count). The summed E-state index contributed by atoms with van der Waals surface area (Å²) in [7, 11) is 0. The van der Waals surface area contributed by atoms with E-state index in [4.69, 9.17) is 5.73 Å². The number of hydrogen-bond donors (Lipinski definition) is 8. The number of benzene rings is 1. The number of nitrogens with two attached hydrogens (primary N) is 1. The van der Waals surface area contributed by atoms with Crippen LogP contribution in [-0.2, 0) is 32.0 Å². The molecule has 38 heavy (non-hydrogen) atoms. The number of aliphatic carboxylic acids is 1. The van der Waals surface area contributed by atoms with Gasteiger partial charge in [-0.3, -0.25) is 14.4 Å². The summed E-state index contributed by atoms with van der Waals surface area (Å²) < 4.78 is 0. The zero-order chi connectivity index (χ0) is 28.4. The fraction of sp³-hybridized carbons (Fsp3) is 0.480. The third kappa shape index (κ3) is 9.48. The van der Waals surface area contributed by atoms with E-state index < -0.39 is 54.0 Å². The van der Waals surface area contributed by atoms with Crippen LogP contribution in [0.2, 0.25) is 0 Å². The summed E-state index contributed by atoms with van der Waals surface area (Å²) in [6, 6.07) is 1.03. The molecule has 13 heteroatoms. The third-order valence-corrected chi connectivity index (χ3v) is 5.72. The van der Waals surface area contributed by atoms with Crippen LogP contribution in [0.15, 0.2) is 36.8 Å². The van der Waals surface area contributed by atoms with Crippen LogP contribution < -0.4 is 21.7 Å². The van der Waals surface area contributed by atoms with Gasteiger partial charge < -0.3 is 42.0 Å². The number of aromatic nitrogens is 2. The molecule has 1 aromatic heterocycles. The van der Waals surface area contributed by atoms with Gasteiger partial charge in [-0.15, -0.1) is 0 Å². The van der Waals surface area contributed by atoms with Gasteiger partial charge in [0.1, 0.15) is 23.9 Å². The molecule has 1 aromatic carbocycles. The maximum atomic E-state index is 13.3. The Morgan fingerprint density at radius 3 is 2.11 bits per heavy atom. The van der Waals surface area contributed by atoms with Gasteiger partial charge in [0, 0.05) is 24.7 Å². The number of carboxylic acid groups (broad SMARTS) is 1. The number of carboxylic acids is 1. The largest absolute Gasteiger partial charge is 0.508 e. The van der Waals surface area contributed by atoms with Crippen molar-refractivity contribution in [3.8, 4) is 5.75 Å². The molecule has 0 bridgehead atoms. The number of phenols is 1. The maximum absolute atomic E-state index is 13.3. The van der Waals surface area contributed by atoms with E-state index in [2.05, 4.69) is 25.9 Å². The Hall–Kier alpha value is -3.97. The first-order chi connectivity index (χ1) is 17.9. The van der Waals surface area contributed by atoms with Crippen molar-refractivity contribution in [1.82, 2.24) is 25.9 Å². The Kier molecular flexibility index (Phi) is 11.2. The van der Waals surface area contributed by atoms with E-state index in [9.17, 15) is 34.5 Å². The normalized spacial score (nSPS) is 15.1. The average molecular weight is 533 g/mol. The first-order valence-electron chi connectivity index (χ1n) is 12.2. The minimum atomic E-state index is -1.49. The highest BCUT2D eigenvalue weighted by atomic mass is 16.4. The van der Waals surface area contributed by atoms with E-state index in [-0.39, 0.29) is 30.9 Å². The predicted octanol–water partition coefficient (Wildman–Crippen LogP) is -0.806. The Bertz CT molecular complexity index is 1070. The van der Waals surface area contributed by atoms with Gasteiger partial charge in [0.05, 0.1) is 18.5 Å². The second-order valence-corrected chi connectivity index (χ2v) is 9.58.